The molecule has 146 valence electrons. The van der Waals surface area contributed by atoms with Crippen LogP contribution in [0.4, 0.5) is 5.82 Å². The Hall–Kier alpha value is -2.16. The lowest BCUT2D eigenvalue weighted by Gasteiger charge is -2.36. The summed E-state index contributed by atoms with van der Waals surface area (Å²) in [6, 6.07) is 5.52. The van der Waals surface area contributed by atoms with Crippen LogP contribution in [0, 0.1) is 5.92 Å². The standard InChI is InChI=1S/C18H24N4O4S/c23-17-11-14(12-22(17)15-4-10-27(25,26)13-15)18(24)21-8-6-20(7-9-21)16-3-1-2-5-19-16/h1-3,5,14-15H,4,6-13H2. The van der Waals surface area contributed by atoms with E-state index in [9.17, 15) is 18.0 Å². The van der Waals surface area contributed by atoms with Crippen LogP contribution in [0.25, 0.3) is 0 Å². The predicted octanol–water partition coefficient (Wildman–Crippen LogP) is -0.234. The molecule has 1 aromatic rings. The van der Waals surface area contributed by atoms with Gasteiger partial charge in [0.2, 0.25) is 11.8 Å². The maximum Gasteiger partial charge on any atom is 0.228 e. The van der Waals surface area contributed by atoms with E-state index in [0.717, 1.165) is 5.82 Å². The minimum Gasteiger partial charge on any atom is -0.353 e. The summed E-state index contributed by atoms with van der Waals surface area (Å²) in [6.45, 7) is 3.00. The maximum atomic E-state index is 12.9. The summed E-state index contributed by atoms with van der Waals surface area (Å²) in [6.07, 6.45) is 2.43. The third-order valence-electron chi connectivity index (χ3n) is 5.72. The van der Waals surface area contributed by atoms with E-state index in [4.69, 9.17) is 0 Å². The third kappa shape index (κ3) is 3.78. The van der Waals surface area contributed by atoms with E-state index in [1.165, 1.54) is 0 Å². The zero-order valence-corrected chi connectivity index (χ0v) is 16.0. The van der Waals surface area contributed by atoms with Crippen molar-refractivity contribution in [2.75, 3.05) is 49.1 Å². The highest BCUT2D eigenvalue weighted by atomic mass is 32.2. The van der Waals surface area contributed by atoms with Gasteiger partial charge in [0.1, 0.15) is 5.82 Å². The van der Waals surface area contributed by atoms with Gasteiger partial charge in [0.25, 0.3) is 0 Å². The van der Waals surface area contributed by atoms with Crippen molar-refractivity contribution >= 4 is 27.5 Å². The Kier molecular flexibility index (Phi) is 4.79. The number of carbonyl (C=O) groups excluding carboxylic acids is 2. The normalized spacial score (nSPS) is 28.0. The van der Waals surface area contributed by atoms with Crippen molar-refractivity contribution < 1.29 is 18.0 Å². The summed E-state index contributed by atoms with van der Waals surface area (Å²) in [7, 11) is -3.05. The molecule has 0 spiro atoms. The van der Waals surface area contributed by atoms with E-state index in [1.807, 2.05) is 23.1 Å². The van der Waals surface area contributed by atoms with E-state index in [2.05, 4.69) is 9.88 Å². The van der Waals surface area contributed by atoms with E-state index >= 15 is 0 Å². The van der Waals surface area contributed by atoms with Crippen LogP contribution in [0.2, 0.25) is 0 Å². The Morgan fingerprint density at radius 1 is 1.15 bits per heavy atom. The number of nitrogens with zero attached hydrogens (tertiary/aromatic N) is 4. The summed E-state index contributed by atoms with van der Waals surface area (Å²) >= 11 is 0. The van der Waals surface area contributed by atoms with Gasteiger partial charge in [-0.25, -0.2) is 13.4 Å². The van der Waals surface area contributed by atoms with Crippen LogP contribution in [0.15, 0.2) is 24.4 Å². The van der Waals surface area contributed by atoms with Gasteiger partial charge >= 0.3 is 0 Å². The van der Waals surface area contributed by atoms with Crippen molar-refractivity contribution in [3.05, 3.63) is 24.4 Å². The number of anilines is 1. The average molecular weight is 392 g/mol. The van der Waals surface area contributed by atoms with Crippen LogP contribution in [0.3, 0.4) is 0 Å². The number of carbonyl (C=O) groups is 2. The second kappa shape index (κ2) is 7.10. The minimum atomic E-state index is -3.05. The Morgan fingerprint density at radius 2 is 1.93 bits per heavy atom. The van der Waals surface area contributed by atoms with E-state index in [-0.39, 0.29) is 41.7 Å². The summed E-state index contributed by atoms with van der Waals surface area (Å²) in [5.74, 6) is 0.629. The number of hydrogen-bond acceptors (Lipinski definition) is 6. The number of hydrogen-bond donors (Lipinski definition) is 0. The molecule has 0 radical (unpaired) electrons. The van der Waals surface area contributed by atoms with Gasteiger partial charge in [-0.3, -0.25) is 9.59 Å². The van der Waals surface area contributed by atoms with E-state index in [1.54, 1.807) is 11.1 Å². The quantitative estimate of drug-likeness (QED) is 0.706. The molecule has 0 aliphatic carbocycles. The molecule has 0 aromatic carbocycles. The van der Waals surface area contributed by atoms with Gasteiger partial charge in [-0.15, -0.1) is 0 Å². The van der Waals surface area contributed by atoms with E-state index in [0.29, 0.717) is 39.1 Å². The molecular formula is C18H24N4O4S. The summed E-state index contributed by atoms with van der Waals surface area (Å²) in [5.41, 5.74) is 0. The molecule has 3 aliphatic heterocycles. The molecule has 1 aromatic heterocycles. The number of sulfone groups is 1. The number of rotatable bonds is 3. The summed E-state index contributed by atoms with van der Waals surface area (Å²) in [5, 5.41) is 0. The van der Waals surface area contributed by atoms with Crippen LogP contribution in [-0.2, 0) is 19.4 Å². The number of likely N-dealkylation sites (tertiary alicyclic amines) is 1. The Bertz CT molecular complexity index is 821. The summed E-state index contributed by atoms with van der Waals surface area (Å²) < 4.78 is 23.4. The van der Waals surface area contributed by atoms with Gasteiger partial charge in [-0.1, -0.05) is 6.07 Å². The third-order valence-corrected chi connectivity index (χ3v) is 7.47. The molecule has 2 atom stereocenters. The zero-order chi connectivity index (χ0) is 19.0. The van der Waals surface area contributed by atoms with Crippen LogP contribution >= 0.6 is 0 Å². The monoisotopic (exact) mass is 392 g/mol. The number of piperazine rings is 1. The van der Waals surface area contributed by atoms with Crippen LogP contribution in [0.1, 0.15) is 12.8 Å². The van der Waals surface area contributed by atoms with Crippen molar-refractivity contribution in [2.24, 2.45) is 5.92 Å². The van der Waals surface area contributed by atoms with Gasteiger partial charge in [0.05, 0.1) is 17.4 Å². The highest BCUT2D eigenvalue weighted by Crippen LogP contribution is 2.27. The molecule has 8 nitrogen and oxygen atoms in total. The SMILES string of the molecule is O=C(C1CC(=O)N(C2CCS(=O)(=O)C2)C1)N1CCN(c2ccccn2)CC1. The second-order valence-electron chi connectivity index (χ2n) is 7.50. The molecule has 4 heterocycles. The van der Waals surface area contributed by atoms with Gasteiger partial charge < -0.3 is 14.7 Å². The van der Waals surface area contributed by atoms with Crippen LogP contribution < -0.4 is 4.90 Å². The molecule has 0 bridgehead atoms. The fourth-order valence-corrected chi connectivity index (χ4v) is 5.96. The zero-order valence-electron chi connectivity index (χ0n) is 15.2. The smallest absolute Gasteiger partial charge is 0.228 e. The summed E-state index contributed by atoms with van der Waals surface area (Å²) in [4.78, 5) is 35.2. The second-order valence-corrected chi connectivity index (χ2v) is 9.73. The van der Waals surface area contributed by atoms with Gasteiger partial charge in [0.15, 0.2) is 9.84 Å². The molecule has 27 heavy (non-hydrogen) atoms. The molecule has 0 saturated carbocycles. The molecular weight excluding hydrogens is 368 g/mol. The Morgan fingerprint density at radius 3 is 2.56 bits per heavy atom. The molecule has 4 rings (SSSR count). The average Bonchev–Trinajstić information content (AvgIpc) is 3.24. The predicted molar refractivity (Wildman–Crippen MR) is 99.9 cm³/mol. The van der Waals surface area contributed by atoms with Gasteiger partial charge in [-0.2, -0.15) is 0 Å². The fourth-order valence-electron chi connectivity index (χ4n) is 4.23. The highest BCUT2D eigenvalue weighted by molar-refractivity contribution is 7.91. The number of pyridine rings is 1. The molecule has 0 N–H and O–H groups in total. The molecule has 3 aliphatic rings. The fraction of sp³-hybridized carbons (Fsp3) is 0.611. The first-order valence-corrected chi connectivity index (χ1v) is 11.2. The van der Waals surface area contributed by atoms with E-state index < -0.39 is 9.84 Å². The number of aromatic nitrogens is 1. The molecule has 9 heteroatoms. The molecule has 3 saturated heterocycles. The molecule has 2 unspecified atom stereocenters. The lowest BCUT2D eigenvalue weighted by Crippen LogP contribution is -2.51. The number of amides is 2. The minimum absolute atomic E-state index is 0.00683. The first-order chi connectivity index (χ1) is 12.9. The highest BCUT2D eigenvalue weighted by Gasteiger charge is 2.43. The van der Waals surface area contributed by atoms with Crippen molar-refractivity contribution in [1.82, 2.24) is 14.8 Å². The topological polar surface area (TPSA) is 90.9 Å². The largest absolute Gasteiger partial charge is 0.353 e. The molecule has 2 amide bonds. The first kappa shape index (κ1) is 18.2. The van der Waals surface area contributed by atoms with Crippen LogP contribution in [0.5, 0.6) is 0 Å². The van der Waals surface area contributed by atoms with Crippen molar-refractivity contribution in [2.45, 2.75) is 18.9 Å². The maximum absolute atomic E-state index is 12.9. The van der Waals surface area contributed by atoms with Crippen molar-refractivity contribution in [1.29, 1.82) is 0 Å². The van der Waals surface area contributed by atoms with Gasteiger partial charge in [-0.05, 0) is 18.6 Å². The van der Waals surface area contributed by atoms with Crippen molar-refractivity contribution in [3.8, 4) is 0 Å². The van der Waals surface area contributed by atoms with Gasteiger partial charge in [0, 0.05) is 51.4 Å². The van der Waals surface area contributed by atoms with Crippen LogP contribution in [-0.4, -0.2) is 85.3 Å². The lowest BCUT2D eigenvalue weighted by molar-refractivity contribution is -0.136. The molecule has 3 fully saturated rings. The lowest BCUT2D eigenvalue weighted by atomic mass is 10.1. The Balaban J connectivity index is 1.34. The Labute approximate surface area is 159 Å². The first-order valence-electron chi connectivity index (χ1n) is 9.37. The van der Waals surface area contributed by atoms with Crippen molar-refractivity contribution in [3.63, 3.8) is 0 Å².